The van der Waals surface area contributed by atoms with Crippen molar-refractivity contribution in [1.82, 2.24) is 0 Å². The molecule has 0 spiro atoms. The molecule has 0 aliphatic heterocycles. The number of fused-ring (bicyclic) bond motifs is 1. The summed E-state index contributed by atoms with van der Waals surface area (Å²) in [5.74, 6) is -0.279. The summed E-state index contributed by atoms with van der Waals surface area (Å²) in [5, 5.41) is 11.4. The second-order valence-corrected chi connectivity index (χ2v) is 47.3. The van der Waals surface area contributed by atoms with Crippen LogP contribution in [0.4, 0.5) is 35.1 Å². The molecule has 136 heavy (non-hydrogen) atoms. The Morgan fingerprint density at radius 1 is 0.279 bits per heavy atom. The lowest BCUT2D eigenvalue weighted by Crippen LogP contribution is -2.22. The van der Waals surface area contributed by atoms with Gasteiger partial charge in [0.1, 0.15) is 23.2 Å². The topological polar surface area (TPSA) is 33.0 Å². The summed E-state index contributed by atoms with van der Waals surface area (Å²) in [6.45, 7) is 74.7. The molecular weight excluding hydrogens is 1720 g/mol. The third-order valence-corrected chi connectivity index (χ3v) is 23.5. The second kappa shape index (κ2) is 52.1. The Hall–Kier alpha value is -10.1. The van der Waals surface area contributed by atoms with E-state index in [2.05, 4.69) is 326 Å². The van der Waals surface area contributed by atoms with Crippen LogP contribution in [-0.4, -0.2) is 7.11 Å². The van der Waals surface area contributed by atoms with Crippen molar-refractivity contribution in [3.63, 3.8) is 0 Å². The van der Waals surface area contributed by atoms with E-state index in [1.165, 1.54) is 106 Å². The average Bonchev–Trinajstić information content (AvgIpc) is 0.818. The lowest BCUT2D eigenvalue weighted by atomic mass is 9.72. The summed E-state index contributed by atoms with van der Waals surface area (Å²) < 4.78 is 106. The highest BCUT2D eigenvalue weighted by atomic mass is 35.5. The zero-order valence-electron chi connectivity index (χ0n) is 89.4. The number of halogens is 9. The van der Waals surface area contributed by atoms with Crippen LogP contribution in [0.2, 0.25) is 5.02 Å². The highest BCUT2D eigenvalue weighted by Gasteiger charge is 2.31. The van der Waals surface area contributed by atoms with E-state index < -0.39 is 23.4 Å². The fourth-order valence-electron chi connectivity index (χ4n) is 13.9. The van der Waals surface area contributed by atoms with E-state index in [1.54, 1.807) is 49.6 Å². The van der Waals surface area contributed by atoms with Gasteiger partial charge < -0.3 is 4.74 Å². The van der Waals surface area contributed by atoms with Crippen molar-refractivity contribution in [2.24, 2.45) is 11.3 Å². The molecule has 0 saturated heterocycles. The van der Waals surface area contributed by atoms with E-state index in [1.807, 2.05) is 110 Å². The zero-order valence-corrected chi connectivity index (χ0v) is 90.1. The molecule has 738 valence electrons. The number of benzene rings is 12. The molecule has 0 unspecified atom stereocenters. The van der Waals surface area contributed by atoms with Crippen LogP contribution in [0.25, 0.3) is 21.9 Å². The first-order valence-electron chi connectivity index (χ1n) is 47.8. The van der Waals surface area contributed by atoms with Crippen LogP contribution >= 0.6 is 11.6 Å². The minimum Gasteiger partial charge on any atom is -0.497 e. The second-order valence-electron chi connectivity index (χ2n) is 46.9. The summed E-state index contributed by atoms with van der Waals surface area (Å²) in [6, 6.07) is 87.7. The van der Waals surface area contributed by atoms with Gasteiger partial charge in [-0.15, -0.1) is 0 Å². The average molecular weight is 1880 g/mol. The summed E-state index contributed by atoms with van der Waals surface area (Å²) in [7, 11) is 1.69. The van der Waals surface area contributed by atoms with Crippen LogP contribution in [0, 0.1) is 65.6 Å². The van der Waals surface area contributed by atoms with Crippen LogP contribution in [0.5, 0.6) is 5.75 Å². The molecule has 0 heterocycles. The molecule has 1 fully saturated rings. The minimum absolute atomic E-state index is 0.0251. The van der Waals surface area contributed by atoms with Crippen LogP contribution in [0.3, 0.4) is 0 Å². The van der Waals surface area contributed by atoms with Crippen LogP contribution in [0.1, 0.15) is 338 Å². The predicted octanol–water partition coefficient (Wildman–Crippen LogP) is 39.1. The molecule has 0 atom stereocenters. The van der Waals surface area contributed by atoms with E-state index >= 15 is 0 Å². The largest absolute Gasteiger partial charge is 0.497 e. The van der Waals surface area contributed by atoms with Gasteiger partial charge in [-0.05, 0) is 266 Å². The molecule has 1 saturated carbocycles. The molecule has 12 aromatic rings. The third-order valence-electron chi connectivity index (χ3n) is 23.2. The fourth-order valence-corrected chi connectivity index (χ4v) is 14.1. The Morgan fingerprint density at radius 2 is 0.581 bits per heavy atom. The maximum atomic E-state index is 13.0. The number of ether oxygens (including phenoxy) is 1. The van der Waals surface area contributed by atoms with Crippen molar-refractivity contribution in [2.45, 2.75) is 335 Å². The lowest BCUT2D eigenvalue weighted by Gasteiger charge is -2.33. The van der Waals surface area contributed by atoms with Crippen LogP contribution in [-0.2, 0) is 60.3 Å². The minimum atomic E-state index is -4.24. The predicted molar refractivity (Wildman–Crippen MR) is 571 cm³/mol. The number of nitriles is 1. The molecule has 1 aliphatic rings. The van der Waals surface area contributed by atoms with E-state index in [-0.39, 0.29) is 71.2 Å². The Balaban J connectivity index is 0.000000386. The maximum absolute atomic E-state index is 13.0. The first kappa shape index (κ1) is 120. The molecule has 12 aromatic carbocycles. The number of hydrogen-bond donors (Lipinski definition) is 0. The van der Waals surface area contributed by atoms with Gasteiger partial charge in [-0.1, -0.05) is 447 Å². The first-order chi connectivity index (χ1) is 62.2. The van der Waals surface area contributed by atoms with Gasteiger partial charge >= 0.3 is 6.18 Å². The number of aryl methyl sites for hydroxylation is 2. The molecule has 0 aromatic heterocycles. The molecule has 0 radical (unpaired) electrons. The highest BCUT2D eigenvalue weighted by molar-refractivity contribution is 6.30. The molecular formula is C125H164ClF8NO. The van der Waals surface area contributed by atoms with E-state index in [9.17, 15) is 35.1 Å². The van der Waals surface area contributed by atoms with Gasteiger partial charge in [-0.3, -0.25) is 0 Å². The van der Waals surface area contributed by atoms with E-state index in [0.29, 0.717) is 10.8 Å². The quantitative estimate of drug-likeness (QED) is 0.162. The van der Waals surface area contributed by atoms with Crippen molar-refractivity contribution in [1.29, 1.82) is 5.26 Å². The normalized spacial score (nSPS) is 12.6. The molecule has 2 nitrogen and oxygen atoms in total. The van der Waals surface area contributed by atoms with Crippen molar-refractivity contribution in [3.8, 4) is 22.9 Å². The SMILES string of the molecule is CC(C)(C)C1CCCCC1.CC(C)(C)c1ccc(-c2ccccc2)cc1.CC(C)(C)c1ccc(C#N)cc1.CC(C)(C)c1ccc(C(F)(F)F)cc1.CC(C)(C)c1ccc(F)c(Cl)c1.CC(C)(C)c1ccc(F)c(F)c1.CC(C)(C)c1ccc2ccccc2c1.CC(C)(C)c1ccccc1.COc1ccc(C(C)(C)C)cc1.Cc1cc(F)cc(C(C)(C)C)c1.Cc1cc(F)cc(C(C)(C)C)c1. The summed E-state index contributed by atoms with van der Waals surface area (Å²) >= 11 is 5.64. The Labute approximate surface area is 823 Å². The number of alkyl halides is 3. The Bertz CT molecular complexity index is 5350. The van der Waals surface area contributed by atoms with Gasteiger partial charge in [0.2, 0.25) is 0 Å². The van der Waals surface area contributed by atoms with Crippen LogP contribution in [0.15, 0.2) is 273 Å². The standard InChI is InChI=1S/C16H18.C14H16.C11H13F3.2C11H15F.C11H13N.C11H16O.C10H12ClF.C10H12F2.C10H20.C10H14/c1-16(2,3)15-11-9-14(10-12-15)13-7-5-4-6-8-13;1-14(2,3)13-9-8-11-6-4-5-7-12(11)10-13;1-10(2,3)8-4-6-9(7-5-8)11(12,13)14;2*1-8-5-9(11(2,3)4)7-10(12)6-8;1-11(2,3)10-6-4-9(8-12)5-7-10;1-11(2,3)9-5-7-10(12-4)8-6-9;1-10(2,3)7-4-5-9(12)8(11)6-7;1-10(2,3)7-4-5-8(11)9(12)6-7;2*1-10(2,3)9-7-5-4-6-8-9/h4-12H,1-3H3;4-10H,1-3H3;4-7H,1-3H3;2*5-7H,1-4H3;4-7H,1-3H3;5-8H,1-4H3;2*4-6H,1-3H3;9H,4-8H2,1-3H3;4-8H,1-3H3. The summed E-state index contributed by atoms with van der Waals surface area (Å²) in [6.07, 6.45) is 3.14. The number of hydrogen-bond acceptors (Lipinski definition) is 2. The zero-order chi connectivity index (χ0) is 104. The Morgan fingerprint density at radius 3 is 0.912 bits per heavy atom. The maximum Gasteiger partial charge on any atom is 0.416 e. The molecule has 1 aliphatic carbocycles. The summed E-state index contributed by atoms with van der Waals surface area (Å²) in [4.78, 5) is 0. The molecule has 11 heteroatoms. The van der Waals surface area contributed by atoms with Gasteiger partial charge in [0, 0.05) is 0 Å². The molecule has 13 rings (SSSR count). The monoisotopic (exact) mass is 1880 g/mol. The van der Waals surface area contributed by atoms with E-state index in [4.69, 9.17) is 21.6 Å². The van der Waals surface area contributed by atoms with Crippen molar-refractivity contribution in [2.75, 3.05) is 7.11 Å². The van der Waals surface area contributed by atoms with Crippen molar-refractivity contribution < 1.29 is 39.9 Å². The van der Waals surface area contributed by atoms with Crippen molar-refractivity contribution in [3.05, 3.63) is 385 Å². The third kappa shape index (κ3) is 45.0. The van der Waals surface area contributed by atoms with Gasteiger partial charge in [-0.2, -0.15) is 18.4 Å². The van der Waals surface area contributed by atoms with Gasteiger partial charge in [-0.25, -0.2) is 22.0 Å². The number of methoxy groups -OCH3 is 1. The van der Waals surface area contributed by atoms with Crippen molar-refractivity contribution >= 4 is 22.4 Å². The fraction of sp³-hybridized carbons (Fsp3) is 0.432. The van der Waals surface area contributed by atoms with Crippen LogP contribution < -0.4 is 4.74 Å². The molecule has 0 N–H and O–H groups in total. The Kier molecular flexibility index (Phi) is 46.0. The van der Waals surface area contributed by atoms with E-state index in [0.717, 1.165) is 74.4 Å². The summed E-state index contributed by atoms with van der Waals surface area (Å²) in [5.41, 5.74) is 17.9. The lowest BCUT2D eigenvalue weighted by molar-refractivity contribution is -0.137. The highest BCUT2D eigenvalue weighted by Crippen LogP contribution is 2.39. The number of nitrogens with zero attached hydrogens (tertiary/aromatic N) is 1. The van der Waals surface area contributed by atoms with Gasteiger partial charge in [0.15, 0.2) is 11.6 Å². The van der Waals surface area contributed by atoms with Gasteiger partial charge in [0.05, 0.1) is 29.3 Å². The molecule has 0 amide bonds. The smallest absolute Gasteiger partial charge is 0.416 e. The molecule has 0 bridgehead atoms. The first-order valence-corrected chi connectivity index (χ1v) is 48.1. The number of rotatable bonds is 2. The van der Waals surface area contributed by atoms with Gasteiger partial charge in [0.25, 0.3) is 0 Å².